The molecule has 1 heterocycles. The van der Waals surface area contributed by atoms with Crippen LogP contribution >= 0.6 is 0 Å². The molecule has 1 unspecified atom stereocenters. The average molecular weight is 213 g/mol. The summed E-state index contributed by atoms with van der Waals surface area (Å²) in [6.45, 7) is 9.06. The van der Waals surface area contributed by atoms with Crippen molar-refractivity contribution in [3.05, 3.63) is 0 Å². The molecule has 2 heteroatoms. The van der Waals surface area contributed by atoms with Crippen LogP contribution in [0.2, 0.25) is 0 Å². The zero-order valence-electron chi connectivity index (χ0n) is 10.5. The van der Waals surface area contributed by atoms with E-state index in [9.17, 15) is 0 Å². The maximum atomic E-state index is 5.81. The van der Waals surface area contributed by atoms with Crippen LogP contribution in [0.15, 0.2) is 0 Å². The second kappa shape index (κ2) is 8.12. The summed E-state index contributed by atoms with van der Waals surface area (Å²) in [5.74, 6) is 0. The largest absolute Gasteiger partial charge is 0.377 e. The Kier molecular flexibility index (Phi) is 7.03. The molecule has 1 saturated heterocycles. The maximum Gasteiger partial charge on any atom is 0.0597 e. The molecule has 0 aromatic carbocycles. The van der Waals surface area contributed by atoms with Crippen LogP contribution in [0.4, 0.5) is 0 Å². The Morgan fingerprint density at radius 1 is 1.20 bits per heavy atom. The minimum absolute atomic E-state index is 0.453. The topological polar surface area (TPSA) is 12.5 Å². The minimum Gasteiger partial charge on any atom is -0.377 e. The summed E-state index contributed by atoms with van der Waals surface area (Å²) in [4.78, 5) is 2.54. The quantitative estimate of drug-likeness (QED) is 0.644. The highest BCUT2D eigenvalue weighted by atomic mass is 16.5. The third-order valence-electron chi connectivity index (χ3n) is 3.22. The number of hydrogen-bond acceptors (Lipinski definition) is 2. The summed E-state index contributed by atoms with van der Waals surface area (Å²) in [6, 6.07) is 0. The highest BCUT2D eigenvalue weighted by molar-refractivity contribution is 4.64. The Labute approximate surface area is 95.0 Å². The van der Waals surface area contributed by atoms with E-state index >= 15 is 0 Å². The van der Waals surface area contributed by atoms with Crippen LogP contribution in [0.3, 0.4) is 0 Å². The third kappa shape index (κ3) is 6.16. The molecule has 0 amide bonds. The maximum absolute atomic E-state index is 5.81. The minimum atomic E-state index is 0.453. The predicted molar refractivity (Wildman–Crippen MR) is 65.2 cm³/mol. The van der Waals surface area contributed by atoms with Crippen LogP contribution < -0.4 is 0 Å². The van der Waals surface area contributed by atoms with E-state index in [0.29, 0.717) is 6.10 Å². The number of rotatable bonds is 7. The monoisotopic (exact) mass is 213 g/mol. The van der Waals surface area contributed by atoms with Crippen LogP contribution in [-0.2, 0) is 4.74 Å². The van der Waals surface area contributed by atoms with Gasteiger partial charge in [-0.2, -0.15) is 0 Å². The fourth-order valence-electron chi connectivity index (χ4n) is 2.14. The lowest BCUT2D eigenvalue weighted by molar-refractivity contribution is 0.0392. The number of ether oxygens (including phenoxy) is 1. The Morgan fingerprint density at radius 3 is 2.60 bits per heavy atom. The predicted octanol–water partition coefficient (Wildman–Crippen LogP) is 3.07. The lowest BCUT2D eigenvalue weighted by atomic mass is 10.1. The SMILES string of the molecule is CCCCC(C)OCCN1CCCCC1. The second-order valence-electron chi connectivity index (χ2n) is 4.73. The van der Waals surface area contributed by atoms with Gasteiger partial charge in [-0.1, -0.05) is 26.2 Å². The molecule has 2 nitrogen and oxygen atoms in total. The summed E-state index contributed by atoms with van der Waals surface area (Å²) >= 11 is 0. The van der Waals surface area contributed by atoms with Crippen molar-refractivity contribution in [3.63, 3.8) is 0 Å². The molecule has 1 rings (SSSR count). The molecule has 90 valence electrons. The zero-order valence-corrected chi connectivity index (χ0v) is 10.5. The normalized spacial score (nSPS) is 20.4. The molecule has 15 heavy (non-hydrogen) atoms. The Bertz CT molecular complexity index is 143. The second-order valence-corrected chi connectivity index (χ2v) is 4.73. The molecule has 0 spiro atoms. The summed E-state index contributed by atoms with van der Waals surface area (Å²) in [5.41, 5.74) is 0. The Balaban J connectivity index is 1.94. The number of hydrogen-bond donors (Lipinski definition) is 0. The molecule has 1 fully saturated rings. The summed E-state index contributed by atoms with van der Waals surface area (Å²) < 4.78 is 5.81. The van der Waals surface area contributed by atoms with Crippen molar-refractivity contribution in [1.29, 1.82) is 0 Å². The van der Waals surface area contributed by atoms with Crippen molar-refractivity contribution in [2.24, 2.45) is 0 Å². The van der Waals surface area contributed by atoms with Gasteiger partial charge in [-0.05, 0) is 39.3 Å². The van der Waals surface area contributed by atoms with Gasteiger partial charge in [0.1, 0.15) is 0 Å². The first kappa shape index (κ1) is 13.0. The van der Waals surface area contributed by atoms with Crippen molar-refractivity contribution in [2.75, 3.05) is 26.2 Å². The first-order valence-corrected chi connectivity index (χ1v) is 6.67. The van der Waals surface area contributed by atoms with Gasteiger partial charge >= 0.3 is 0 Å². The van der Waals surface area contributed by atoms with E-state index in [-0.39, 0.29) is 0 Å². The molecule has 0 radical (unpaired) electrons. The fraction of sp³-hybridized carbons (Fsp3) is 1.00. The standard InChI is InChI=1S/C13H27NO/c1-3-4-8-13(2)15-12-11-14-9-6-5-7-10-14/h13H,3-12H2,1-2H3. The van der Waals surface area contributed by atoms with E-state index in [4.69, 9.17) is 4.74 Å². The number of nitrogens with zero attached hydrogens (tertiary/aromatic N) is 1. The van der Waals surface area contributed by atoms with Gasteiger partial charge in [0.2, 0.25) is 0 Å². The van der Waals surface area contributed by atoms with Crippen molar-refractivity contribution < 1.29 is 4.74 Å². The molecule has 1 aliphatic rings. The number of unbranched alkanes of at least 4 members (excludes halogenated alkanes) is 1. The number of likely N-dealkylation sites (tertiary alicyclic amines) is 1. The van der Waals surface area contributed by atoms with E-state index in [1.54, 1.807) is 0 Å². The van der Waals surface area contributed by atoms with Gasteiger partial charge in [0.15, 0.2) is 0 Å². The highest BCUT2D eigenvalue weighted by Crippen LogP contribution is 2.09. The molecule has 0 aromatic rings. The van der Waals surface area contributed by atoms with Gasteiger partial charge in [-0.25, -0.2) is 0 Å². The lowest BCUT2D eigenvalue weighted by Gasteiger charge is -2.26. The molecule has 0 aromatic heterocycles. The van der Waals surface area contributed by atoms with E-state index in [1.807, 2.05) is 0 Å². The molecule has 0 aliphatic carbocycles. The summed E-state index contributed by atoms with van der Waals surface area (Å²) in [5, 5.41) is 0. The van der Waals surface area contributed by atoms with Crippen molar-refractivity contribution in [1.82, 2.24) is 4.90 Å². The molecule has 0 N–H and O–H groups in total. The molecular weight excluding hydrogens is 186 g/mol. The van der Waals surface area contributed by atoms with Crippen molar-refractivity contribution in [3.8, 4) is 0 Å². The van der Waals surface area contributed by atoms with E-state index < -0.39 is 0 Å². The van der Waals surface area contributed by atoms with Gasteiger partial charge < -0.3 is 9.64 Å². The highest BCUT2D eigenvalue weighted by Gasteiger charge is 2.09. The van der Waals surface area contributed by atoms with Gasteiger partial charge in [-0.15, -0.1) is 0 Å². The smallest absolute Gasteiger partial charge is 0.0597 e. The van der Waals surface area contributed by atoms with Crippen LogP contribution in [0.5, 0.6) is 0 Å². The Hall–Kier alpha value is -0.0800. The summed E-state index contributed by atoms with van der Waals surface area (Å²) in [6.07, 6.45) is 8.43. The van der Waals surface area contributed by atoms with E-state index in [1.165, 1.54) is 51.6 Å². The van der Waals surface area contributed by atoms with Crippen LogP contribution in [0, 0.1) is 0 Å². The van der Waals surface area contributed by atoms with Gasteiger partial charge in [0.05, 0.1) is 12.7 Å². The molecule has 0 bridgehead atoms. The van der Waals surface area contributed by atoms with E-state index in [2.05, 4.69) is 18.7 Å². The zero-order chi connectivity index (χ0) is 10.9. The Morgan fingerprint density at radius 2 is 1.93 bits per heavy atom. The van der Waals surface area contributed by atoms with Crippen LogP contribution in [0.1, 0.15) is 52.4 Å². The van der Waals surface area contributed by atoms with Gasteiger partial charge in [0.25, 0.3) is 0 Å². The van der Waals surface area contributed by atoms with Crippen LogP contribution in [-0.4, -0.2) is 37.2 Å². The molecule has 1 aliphatic heterocycles. The molecular formula is C13H27NO. The van der Waals surface area contributed by atoms with Crippen molar-refractivity contribution >= 4 is 0 Å². The lowest BCUT2D eigenvalue weighted by Crippen LogP contribution is -2.33. The van der Waals surface area contributed by atoms with Gasteiger partial charge in [0, 0.05) is 6.54 Å². The van der Waals surface area contributed by atoms with Gasteiger partial charge in [-0.3, -0.25) is 0 Å². The average Bonchev–Trinajstić information content (AvgIpc) is 2.28. The number of piperidine rings is 1. The van der Waals surface area contributed by atoms with Crippen LogP contribution in [0.25, 0.3) is 0 Å². The first-order chi connectivity index (χ1) is 7.33. The fourth-order valence-corrected chi connectivity index (χ4v) is 2.14. The third-order valence-corrected chi connectivity index (χ3v) is 3.22. The molecule has 0 saturated carbocycles. The first-order valence-electron chi connectivity index (χ1n) is 6.67. The summed E-state index contributed by atoms with van der Waals surface area (Å²) in [7, 11) is 0. The van der Waals surface area contributed by atoms with E-state index in [0.717, 1.165) is 13.2 Å². The molecule has 1 atom stereocenters. The van der Waals surface area contributed by atoms with Crippen molar-refractivity contribution in [2.45, 2.75) is 58.5 Å².